The van der Waals surface area contributed by atoms with Crippen LogP contribution in [0.5, 0.6) is 6.08 Å². The summed E-state index contributed by atoms with van der Waals surface area (Å²) in [5.41, 5.74) is 1.92. The van der Waals surface area contributed by atoms with Gasteiger partial charge in [0.15, 0.2) is 5.82 Å². The van der Waals surface area contributed by atoms with Crippen molar-refractivity contribution in [2.24, 2.45) is 0 Å². The van der Waals surface area contributed by atoms with Crippen molar-refractivity contribution in [3.63, 3.8) is 0 Å². The average Bonchev–Trinajstić information content (AvgIpc) is 2.82. The van der Waals surface area contributed by atoms with Crippen LogP contribution < -0.4 is 4.74 Å². The van der Waals surface area contributed by atoms with Crippen LogP contribution in [0, 0.1) is 6.92 Å². The number of ether oxygens (including phenoxy) is 1. The highest BCUT2D eigenvalue weighted by Crippen LogP contribution is 2.17. The lowest BCUT2D eigenvalue weighted by Crippen LogP contribution is -1.97. The van der Waals surface area contributed by atoms with E-state index in [4.69, 9.17) is 9.26 Å². The zero-order valence-electron chi connectivity index (χ0n) is 9.83. The lowest BCUT2D eigenvalue weighted by molar-refractivity contribution is 0.195. The van der Waals surface area contributed by atoms with Crippen molar-refractivity contribution in [2.75, 3.05) is 0 Å². The van der Waals surface area contributed by atoms with Gasteiger partial charge in [0.25, 0.3) is 0 Å². The number of fused-ring (bicyclic) bond motifs is 1. The van der Waals surface area contributed by atoms with Crippen molar-refractivity contribution < 1.29 is 9.26 Å². The first-order chi connectivity index (χ1) is 8.83. The number of rotatable bonds is 3. The van der Waals surface area contributed by atoms with Crippen LogP contribution in [-0.4, -0.2) is 15.1 Å². The quantitative estimate of drug-likeness (QED) is 0.705. The Balaban J connectivity index is 1.86. The third-order valence-electron chi connectivity index (χ3n) is 2.58. The second-order valence-electron chi connectivity index (χ2n) is 3.89. The summed E-state index contributed by atoms with van der Waals surface area (Å²) in [5.74, 6) is 0.557. The molecule has 0 aliphatic carbocycles. The molecule has 0 atom stereocenters. The minimum atomic E-state index is 0.181. The number of hydrogen-bond donors (Lipinski definition) is 0. The number of pyridine rings is 1. The topological polar surface area (TPSA) is 61.0 Å². The van der Waals surface area contributed by atoms with Gasteiger partial charge < -0.3 is 4.74 Å². The summed E-state index contributed by atoms with van der Waals surface area (Å²) < 4.78 is 10.3. The molecule has 1 aromatic carbocycles. The molecule has 0 fully saturated rings. The van der Waals surface area contributed by atoms with E-state index in [0.717, 1.165) is 16.5 Å². The Morgan fingerprint density at radius 3 is 2.94 bits per heavy atom. The fourth-order valence-corrected chi connectivity index (χ4v) is 1.76. The van der Waals surface area contributed by atoms with Crippen LogP contribution >= 0.6 is 0 Å². The Morgan fingerprint density at radius 1 is 1.22 bits per heavy atom. The molecule has 0 radical (unpaired) electrons. The Morgan fingerprint density at radius 2 is 2.11 bits per heavy atom. The molecule has 3 aromatic rings. The molecule has 3 rings (SSSR count). The van der Waals surface area contributed by atoms with Gasteiger partial charge in [-0.05, 0) is 13.0 Å². The van der Waals surface area contributed by atoms with Gasteiger partial charge in [-0.3, -0.25) is 9.51 Å². The van der Waals surface area contributed by atoms with E-state index in [2.05, 4.69) is 15.1 Å². The van der Waals surface area contributed by atoms with Crippen LogP contribution in [0.1, 0.15) is 11.4 Å². The van der Waals surface area contributed by atoms with Gasteiger partial charge in [0.2, 0.25) is 0 Å². The first kappa shape index (κ1) is 10.7. The SMILES string of the molecule is Cc1noc(OCc2cccc3cccnc23)n1. The van der Waals surface area contributed by atoms with Gasteiger partial charge >= 0.3 is 6.08 Å². The molecule has 0 saturated carbocycles. The maximum Gasteiger partial charge on any atom is 0.417 e. The Bertz CT molecular complexity index is 673. The Hall–Kier alpha value is -2.43. The van der Waals surface area contributed by atoms with Gasteiger partial charge in [-0.2, -0.15) is 4.98 Å². The highest BCUT2D eigenvalue weighted by Gasteiger charge is 2.06. The second kappa shape index (κ2) is 4.44. The lowest BCUT2D eigenvalue weighted by Gasteiger charge is -2.04. The van der Waals surface area contributed by atoms with Crippen molar-refractivity contribution >= 4 is 10.9 Å². The number of aryl methyl sites for hydroxylation is 1. The van der Waals surface area contributed by atoms with Gasteiger partial charge in [0, 0.05) is 17.1 Å². The molecule has 0 aliphatic heterocycles. The Labute approximate surface area is 103 Å². The van der Waals surface area contributed by atoms with Crippen LogP contribution in [0.25, 0.3) is 10.9 Å². The molecule has 2 heterocycles. The molecule has 0 amide bonds. The van der Waals surface area contributed by atoms with Crippen LogP contribution in [-0.2, 0) is 6.61 Å². The largest absolute Gasteiger partial charge is 0.444 e. The summed E-state index contributed by atoms with van der Waals surface area (Å²) >= 11 is 0. The minimum absolute atomic E-state index is 0.181. The zero-order valence-corrected chi connectivity index (χ0v) is 9.83. The van der Waals surface area contributed by atoms with E-state index < -0.39 is 0 Å². The molecule has 2 aromatic heterocycles. The van der Waals surface area contributed by atoms with E-state index >= 15 is 0 Å². The zero-order chi connectivity index (χ0) is 12.4. The van der Waals surface area contributed by atoms with E-state index in [1.165, 1.54) is 0 Å². The monoisotopic (exact) mass is 241 g/mol. The summed E-state index contributed by atoms with van der Waals surface area (Å²) in [6.45, 7) is 2.10. The number of hydrogen-bond acceptors (Lipinski definition) is 5. The van der Waals surface area contributed by atoms with Gasteiger partial charge in [0.05, 0.1) is 5.52 Å². The van der Waals surface area contributed by atoms with E-state index in [1.807, 2.05) is 30.3 Å². The Kier molecular flexibility index (Phi) is 2.64. The molecular weight excluding hydrogens is 230 g/mol. The van der Waals surface area contributed by atoms with Gasteiger partial charge in [-0.1, -0.05) is 29.4 Å². The highest BCUT2D eigenvalue weighted by atomic mass is 16.6. The number of benzene rings is 1. The lowest BCUT2D eigenvalue weighted by atomic mass is 10.1. The number of aromatic nitrogens is 3. The standard InChI is InChI=1S/C13H11N3O2/c1-9-15-13(18-16-9)17-8-11-5-2-4-10-6-3-7-14-12(10)11/h2-7H,8H2,1H3. The number of para-hydroxylation sites is 1. The van der Waals surface area contributed by atoms with E-state index in [9.17, 15) is 0 Å². The summed E-state index contributed by atoms with van der Waals surface area (Å²) in [7, 11) is 0. The average molecular weight is 241 g/mol. The second-order valence-corrected chi connectivity index (χ2v) is 3.89. The fraction of sp³-hybridized carbons (Fsp3) is 0.154. The molecule has 90 valence electrons. The van der Waals surface area contributed by atoms with Crippen molar-refractivity contribution in [1.29, 1.82) is 0 Å². The maximum atomic E-state index is 5.44. The normalized spacial score (nSPS) is 10.7. The first-order valence-electron chi connectivity index (χ1n) is 5.59. The van der Waals surface area contributed by atoms with Crippen LogP contribution in [0.15, 0.2) is 41.1 Å². The maximum absolute atomic E-state index is 5.44. The number of nitrogens with zero attached hydrogens (tertiary/aromatic N) is 3. The molecule has 0 N–H and O–H groups in total. The van der Waals surface area contributed by atoms with Gasteiger partial charge in [-0.25, -0.2) is 0 Å². The molecular formula is C13H11N3O2. The molecule has 0 unspecified atom stereocenters. The third-order valence-corrected chi connectivity index (χ3v) is 2.58. The van der Waals surface area contributed by atoms with Crippen molar-refractivity contribution in [3.05, 3.63) is 47.9 Å². The first-order valence-corrected chi connectivity index (χ1v) is 5.59. The third kappa shape index (κ3) is 2.02. The van der Waals surface area contributed by atoms with Crippen molar-refractivity contribution in [2.45, 2.75) is 13.5 Å². The summed E-state index contributed by atoms with van der Waals surface area (Å²) in [6, 6.07) is 9.89. The summed E-state index contributed by atoms with van der Waals surface area (Å²) in [6.07, 6.45) is 1.95. The predicted molar refractivity (Wildman–Crippen MR) is 65.1 cm³/mol. The van der Waals surface area contributed by atoms with Crippen LogP contribution in [0.3, 0.4) is 0 Å². The molecule has 0 aliphatic rings. The van der Waals surface area contributed by atoms with Crippen molar-refractivity contribution in [1.82, 2.24) is 15.1 Å². The van der Waals surface area contributed by atoms with Crippen LogP contribution in [0.2, 0.25) is 0 Å². The highest BCUT2D eigenvalue weighted by molar-refractivity contribution is 5.81. The molecule has 5 nitrogen and oxygen atoms in total. The van der Waals surface area contributed by atoms with E-state index in [0.29, 0.717) is 12.4 Å². The molecule has 0 saturated heterocycles. The summed E-state index contributed by atoms with van der Waals surface area (Å²) in [4.78, 5) is 8.34. The molecule has 18 heavy (non-hydrogen) atoms. The molecule has 5 heteroatoms. The van der Waals surface area contributed by atoms with Crippen LogP contribution in [0.4, 0.5) is 0 Å². The smallest absolute Gasteiger partial charge is 0.417 e. The molecule has 0 spiro atoms. The minimum Gasteiger partial charge on any atom is -0.444 e. The predicted octanol–water partition coefficient (Wildman–Crippen LogP) is 2.51. The van der Waals surface area contributed by atoms with Crippen molar-refractivity contribution in [3.8, 4) is 6.08 Å². The van der Waals surface area contributed by atoms with E-state index in [1.54, 1.807) is 13.1 Å². The fourth-order valence-electron chi connectivity index (χ4n) is 1.76. The summed E-state index contributed by atoms with van der Waals surface area (Å²) in [5, 5.41) is 4.75. The van der Waals surface area contributed by atoms with E-state index in [-0.39, 0.29) is 6.08 Å². The van der Waals surface area contributed by atoms with Gasteiger partial charge in [0.1, 0.15) is 6.61 Å². The van der Waals surface area contributed by atoms with Gasteiger partial charge in [-0.15, -0.1) is 0 Å². The molecule has 0 bridgehead atoms.